The van der Waals surface area contributed by atoms with E-state index in [-0.39, 0.29) is 25.6 Å². The van der Waals surface area contributed by atoms with E-state index in [4.69, 9.17) is 14.6 Å². The van der Waals surface area contributed by atoms with Gasteiger partial charge < -0.3 is 19.9 Å². The predicted molar refractivity (Wildman–Crippen MR) is 114 cm³/mol. The van der Waals surface area contributed by atoms with Crippen LogP contribution >= 0.6 is 24.2 Å². The summed E-state index contributed by atoms with van der Waals surface area (Å²) in [4.78, 5) is 0. The summed E-state index contributed by atoms with van der Waals surface area (Å²) in [6, 6.07) is 15.6. The quantitative estimate of drug-likeness (QED) is 0.348. The molecule has 0 unspecified atom stereocenters. The second-order valence-electron chi connectivity index (χ2n) is 5.79. The first-order chi connectivity index (χ1) is 13.8. The Morgan fingerprint density at radius 1 is 1.14 bits per heavy atom. The summed E-state index contributed by atoms with van der Waals surface area (Å²) in [5.41, 5.74) is 2.03. The van der Waals surface area contributed by atoms with Gasteiger partial charge in [0, 0.05) is 18.8 Å². The number of tetrazole rings is 1. The Morgan fingerprint density at radius 2 is 1.97 bits per heavy atom. The fraction of sp³-hybridized carbons (Fsp3) is 0.316. The molecule has 2 N–H and O–H groups in total. The Labute approximate surface area is 180 Å². The average Bonchev–Trinajstić information content (AvgIpc) is 3.21. The number of ether oxygens (including phenoxy) is 2. The van der Waals surface area contributed by atoms with E-state index in [9.17, 15) is 0 Å². The van der Waals surface area contributed by atoms with E-state index in [2.05, 4.69) is 20.8 Å². The Kier molecular flexibility index (Phi) is 9.72. The highest BCUT2D eigenvalue weighted by Crippen LogP contribution is 2.28. The van der Waals surface area contributed by atoms with E-state index in [0.29, 0.717) is 18.0 Å². The molecule has 3 rings (SSSR count). The largest absolute Gasteiger partial charge is 0.493 e. The molecule has 0 aliphatic heterocycles. The molecule has 3 aromatic rings. The number of benzene rings is 2. The monoisotopic (exact) mass is 437 g/mol. The molecule has 0 saturated heterocycles. The Bertz CT molecular complexity index is 866. The highest BCUT2D eigenvalue weighted by atomic mass is 35.5. The fourth-order valence-corrected chi connectivity index (χ4v) is 3.33. The summed E-state index contributed by atoms with van der Waals surface area (Å²) in [6.45, 7) is 1.73. The summed E-state index contributed by atoms with van der Waals surface area (Å²) >= 11 is 1.60. The molecule has 0 saturated carbocycles. The van der Waals surface area contributed by atoms with Crippen LogP contribution in [0.5, 0.6) is 11.5 Å². The molecule has 1 heterocycles. The molecule has 2 aromatic carbocycles. The van der Waals surface area contributed by atoms with Crippen molar-refractivity contribution in [3.8, 4) is 17.2 Å². The molecule has 0 atom stereocenters. The van der Waals surface area contributed by atoms with Crippen LogP contribution in [0.1, 0.15) is 5.56 Å². The number of thioether (sulfide) groups is 1. The number of aromatic nitrogens is 4. The van der Waals surface area contributed by atoms with E-state index in [1.165, 1.54) is 0 Å². The molecular weight excluding hydrogens is 414 g/mol. The first-order valence-electron chi connectivity index (χ1n) is 8.89. The summed E-state index contributed by atoms with van der Waals surface area (Å²) in [7, 11) is 1.60. The van der Waals surface area contributed by atoms with Gasteiger partial charge in [0.2, 0.25) is 5.16 Å². The van der Waals surface area contributed by atoms with E-state index in [1.54, 1.807) is 23.6 Å². The van der Waals surface area contributed by atoms with E-state index in [1.807, 2.05) is 48.5 Å². The zero-order chi connectivity index (χ0) is 19.6. The van der Waals surface area contributed by atoms with Crippen LogP contribution in [-0.2, 0) is 6.54 Å². The maximum Gasteiger partial charge on any atom is 0.214 e. The van der Waals surface area contributed by atoms with Crippen molar-refractivity contribution in [2.24, 2.45) is 0 Å². The molecule has 0 spiro atoms. The van der Waals surface area contributed by atoms with Gasteiger partial charge in [-0.3, -0.25) is 0 Å². The Morgan fingerprint density at radius 3 is 2.72 bits per heavy atom. The third kappa shape index (κ3) is 6.60. The first-order valence-corrected chi connectivity index (χ1v) is 9.88. The summed E-state index contributed by atoms with van der Waals surface area (Å²) in [5.74, 6) is 2.12. The molecule has 0 bridgehead atoms. The van der Waals surface area contributed by atoms with Crippen molar-refractivity contribution in [1.29, 1.82) is 0 Å². The highest BCUT2D eigenvalue weighted by Gasteiger charge is 2.09. The third-order valence-electron chi connectivity index (χ3n) is 3.86. The number of para-hydroxylation sites is 1. The van der Waals surface area contributed by atoms with Gasteiger partial charge in [-0.15, -0.1) is 17.5 Å². The van der Waals surface area contributed by atoms with Gasteiger partial charge in [0.1, 0.15) is 6.61 Å². The van der Waals surface area contributed by atoms with Crippen molar-refractivity contribution < 1.29 is 14.6 Å². The third-order valence-corrected chi connectivity index (χ3v) is 4.78. The van der Waals surface area contributed by atoms with Crippen molar-refractivity contribution in [2.75, 3.05) is 32.6 Å². The van der Waals surface area contributed by atoms with Gasteiger partial charge in [-0.1, -0.05) is 36.0 Å². The highest BCUT2D eigenvalue weighted by molar-refractivity contribution is 7.99. The molecule has 0 aliphatic rings. The summed E-state index contributed by atoms with van der Waals surface area (Å²) in [6.07, 6.45) is 0. The van der Waals surface area contributed by atoms with Crippen molar-refractivity contribution >= 4 is 24.2 Å². The van der Waals surface area contributed by atoms with Gasteiger partial charge in [-0.25, -0.2) is 0 Å². The molecular formula is C19H24ClN5O3S. The average molecular weight is 438 g/mol. The van der Waals surface area contributed by atoms with Crippen LogP contribution in [-0.4, -0.2) is 57.9 Å². The topological polar surface area (TPSA) is 94.3 Å². The number of nitrogens with one attached hydrogen (secondary N) is 1. The molecule has 0 fully saturated rings. The van der Waals surface area contributed by atoms with Gasteiger partial charge in [0.15, 0.2) is 11.5 Å². The Balaban J connectivity index is 0.00000300. The number of rotatable bonds is 11. The van der Waals surface area contributed by atoms with E-state index in [0.717, 1.165) is 28.7 Å². The van der Waals surface area contributed by atoms with Crippen LogP contribution in [0.3, 0.4) is 0 Å². The number of halogens is 1. The van der Waals surface area contributed by atoms with Crippen LogP contribution in [0.4, 0.5) is 0 Å². The minimum absolute atomic E-state index is 0. The standard InChI is InChI=1S/C19H23N5O3S.ClH/c1-26-18-13-15(7-8-17(18)27-11-10-25)14-20-9-12-28-19-21-22-23-24(19)16-5-3-2-4-6-16;/h2-8,13,20,25H,9-12,14H2,1H3;1H. The SMILES string of the molecule is COc1cc(CNCCSc2nnnn2-c2ccccc2)ccc1OCCO.Cl. The number of aliphatic hydroxyl groups excluding tert-OH is 1. The lowest BCUT2D eigenvalue weighted by Crippen LogP contribution is -2.17. The van der Waals surface area contributed by atoms with Crippen LogP contribution in [0.25, 0.3) is 5.69 Å². The minimum Gasteiger partial charge on any atom is -0.493 e. The number of nitrogens with zero attached hydrogens (tertiary/aromatic N) is 4. The zero-order valence-corrected chi connectivity index (χ0v) is 17.7. The number of hydrogen-bond donors (Lipinski definition) is 2. The maximum atomic E-state index is 8.87. The van der Waals surface area contributed by atoms with Gasteiger partial charge in [0.25, 0.3) is 0 Å². The van der Waals surface area contributed by atoms with Crippen molar-refractivity contribution in [3.63, 3.8) is 0 Å². The van der Waals surface area contributed by atoms with Gasteiger partial charge >= 0.3 is 0 Å². The van der Waals surface area contributed by atoms with Gasteiger partial charge in [0.05, 0.1) is 19.4 Å². The van der Waals surface area contributed by atoms with Crippen LogP contribution in [0.15, 0.2) is 53.7 Å². The smallest absolute Gasteiger partial charge is 0.214 e. The molecule has 0 aliphatic carbocycles. The van der Waals surface area contributed by atoms with Crippen molar-refractivity contribution in [3.05, 3.63) is 54.1 Å². The molecule has 1 aromatic heterocycles. The molecule has 29 heavy (non-hydrogen) atoms. The number of aliphatic hydroxyl groups is 1. The lowest BCUT2D eigenvalue weighted by Gasteiger charge is -2.12. The van der Waals surface area contributed by atoms with E-state index >= 15 is 0 Å². The maximum absolute atomic E-state index is 8.87. The Hall–Kier alpha value is -2.33. The van der Waals surface area contributed by atoms with Crippen molar-refractivity contribution in [2.45, 2.75) is 11.7 Å². The molecule has 10 heteroatoms. The second-order valence-corrected chi connectivity index (χ2v) is 6.85. The number of hydrogen-bond acceptors (Lipinski definition) is 8. The molecule has 156 valence electrons. The summed E-state index contributed by atoms with van der Waals surface area (Å²) < 4.78 is 12.5. The zero-order valence-electron chi connectivity index (χ0n) is 16.0. The lowest BCUT2D eigenvalue weighted by atomic mass is 10.2. The summed E-state index contributed by atoms with van der Waals surface area (Å²) in [5, 5.41) is 25.0. The van der Waals surface area contributed by atoms with Crippen LogP contribution in [0, 0.1) is 0 Å². The van der Waals surface area contributed by atoms with Crippen molar-refractivity contribution in [1.82, 2.24) is 25.5 Å². The fourth-order valence-electron chi connectivity index (χ4n) is 2.54. The number of methoxy groups -OCH3 is 1. The normalized spacial score (nSPS) is 10.4. The van der Waals surface area contributed by atoms with Gasteiger partial charge in [-0.2, -0.15) is 4.68 Å². The minimum atomic E-state index is -0.0301. The van der Waals surface area contributed by atoms with Crippen LogP contribution in [0.2, 0.25) is 0 Å². The first kappa shape index (κ1) is 23.0. The van der Waals surface area contributed by atoms with Crippen LogP contribution < -0.4 is 14.8 Å². The van der Waals surface area contributed by atoms with E-state index < -0.39 is 0 Å². The predicted octanol–water partition coefficient (Wildman–Crippen LogP) is 2.35. The molecule has 0 amide bonds. The van der Waals surface area contributed by atoms with Gasteiger partial charge in [-0.05, 0) is 40.3 Å². The lowest BCUT2D eigenvalue weighted by molar-refractivity contribution is 0.196. The second kappa shape index (κ2) is 12.3. The molecule has 8 nitrogen and oxygen atoms in total. The molecule has 0 radical (unpaired) electrons.